The van der Waals surface area contributed by atoms with E-state index >= 15 is 0 Å². The smallest absolute Gasteiger partial charge is 0.159 e. The van der Waals surface area contributed by atoms with Crippen LogP contribution in [0.4, 0.5) is 0 Å². The van der Waals surface area contributed by atoms with Crippen LogP contribution in [0.1, 0.15) is 11.1 Å². The summed E-state index contributed by atoms with van der Waals surface area (Å²) in [7, 11) is 2.11. The molecule has 5 aromatic heterocycles. The number of furan rings is 1. The minimum absolute atomic E-state index is 0.735. The third-order valence-electron chi connectivity index (χ3n) is 9.25. The molecule has 0 bridgehead atoms. The van der Waals surface area contributed by atoms with Gasteiger partial charge in [0.05, 0.1) is 22.1 Å². The van der Waals surface area contributed by atoms with Crippen LogP contribution in [0, 0.1) is 0 Å². The molecular weight excluding hydrogens is 628 g/mol. The van der Waals surface area contributed by atoms with Crippen LogP contribution in [0.2, 0.25) is 0 Å². The van der Waals surface area contributed by atoms with Gasteiger partial charge in [0.25, 0.3) is 0 Å². The van der Waals surface area contributed by atoms with Gasteiger partial charge in [-0.2, -0.15) is 12.2 Å². The zero-order chi connectivity index (χ0) is 32.2. The first-order valence-electron chi connectivity index (χ1n) is 15.8. The van der Waals surface area contributed by atoms with Crippen molar-refractivity contribution in [2.24, 2.45) is 0 Å². The maximum Gasteiger partial charge on any atom is 0.159 e. The van der Waals surface area contributed by atoms with Gasteiger partial charge in [-0.05, 0) is 78.4 Å². The monoisotopic (exact) mass is 656 g/mol. The Balaban J connectivity index is 0.00000154. The summed E-state index contributed by atoms with van der Waals surface area (Å²) in [5.41, 5.74) is 12.6. The van der Waals surface area contributed by atoms with Crippen molar-refractivity contribution >= 4 is 86.5 Å². The predicted molar refractivity (Wildman–Crippen MR) is 206 cm³/mol. The molecular formula is C41H29N4OPS. The molecule has 0 radical (unpaired) electrons. The normalized spacial score (nSPS) is 11.6. The Morgan fingerprint density at radius 2 is 1.15 bits per heavy atom. The molecule has 7 heteroatoms. The zero-order valence-electron chi connectivity index (χ0n) is 25.8. The van der Waals surface area contributed by atoms with Crippen molar-refractivity contribution in [2.45, 2.75) is 6.42 Å². The second-order valence-electron chi connectivity index (χ2n) is 11.9. The SMILES string of the molecule is PS.c1ccc(-n2c3ccccc3c3cc(-n4c5ccccc5c5cc(Cc6ccnc7c6oc6cccnc67)ccc54)ccc32)cc1. The average molecular weight is 657 g/mol. The fourth-order valence-electron chi connectivity index (χ4n) is 7.25. The summed E-state index contributed by atoms with van der Waals surface area (Å²) in [4.78, 5) is 9.11. The van der Waals surface area contributed by atoms with Crippen LogP contribution in [0.15, 0.2) is 150 Å². The minimum atomic E-state index is 0.735. The Labute approximate surface area is 283 Å². The molecule has 5 nitrogen and oxygen atoms in total. The molecule has 0 saturated heterocycles. The molecule has 10 aromatic rings. The molecule has 0 aliphatic heterocycles. The summed E-state index contributed by atoms with van der Waals surface area (Å²) in [6.07, 6.45) is 4.38. The Bertz CT molecular complexity index is 2800. The summed E-state index contributed by atoms with van der Waals surface area (Å²) in [6, 6.07) is 47.6. The average Bonchev–Trinajstić information content (AvgIpc) is 3.81. The number of pyridine rings is 2. The fraction of sp³-hybridized carbons (Fsp3) is 0.0244. The number of rotatable bonds is 4. The van der Waals surface area contributed by atoms with Gasteiger partial charge in [-0.15, -0.1) is 0 Å². The Morgan fingerprint density at radius 1 is 0.521 bits per heavy atom. The lowest BCUT2D eigenvalue weighted by Gasteiger charge is -2.10. The predicted octanol–water partition coefficient (Wildman–Crippen LogP) is 10.9. The van der Waals surface area contributed by atoms with E-state index in [-0.39, 0.29) is 0 Å². The summed E-state index contributed by atoms with van der Waals surface area (Å²) >= 11 is 3.44. The maximum atomic E-state index is 6.24. The van der Waals surface area contributed by atoms with Gasteiger partial charge in [0, 0.05) is 57.3 Å². The molecule has 0 aliphatic rings. The number of aromatic nitrogens is 4. The largest absolute Gasteiger partial charge is 0.452 e. The molecule has 10 rings (SSSR count). The number of para-hydroxylation sites is 3. The molecule has 1 unspecified atom stereocenters. The lowest BCUT2D eigenvalue weighted by atomic mass is 10.0. The fourth-order valence-corrected chi connectivity index (χ4v) is 7.25. The molecule has 230 valence electrons. The number of nitrogens with zero attached hydrogens (tertiary/aromatic N) is 4. The molecule has 0 N–H and O–H groups in total. The molecule has 48 heavy (non-hydrogen) atoms. The van der Waals surface area contributed by atoms with Crippen molar-refractivity contribution in [3.05, 3.63) is 157 Å². The Kier molecular flexibility index (Phi) is 7.00. The molecule has 1 atom stereocenters. The topological polar surface area (TPSA) is 48.8 Å². The van der Waals surface area contributed by atoms with E-state index in [1.54, 1.807) is 6.20 Å². The first-order chi connectivity index (χ1) is 23.8. The van der Waals surface area contributed by atoms with Crippen molar-refractivity contribution in [3.8, 4) is 11.4 Å². The highest BCUT2D eigenvalue weighted by molar-refractivity contribution is 8.31. The minimum Gasteiger partial charge on any atom is -0.452 e. The molecule has 0 fully saturated rings. The number of thiol groups is 1. The summed E-state index contributed by atoms with van der Waals surface area (Å²) in [5.74, 6) is 0. The maximum absolute atomic E-state index is 6.24. The van der Waals surface area contributed by atoms with E-state index in [1.807, 2.05) is 18.3 Å². The third-order valence-corrected chi connectivity index (χ3v) is 9.25. The Morgan fingerprint density at radius 3 is 1.92 bits per heavy atom. The van der Waals surface area contributed by atoms with Crippen molar-refractivity contribution in [2.75, 3.05) is 0 Å². The van der Waals surface area contributed by atoms with Crippen molar-refractivity contribution in [1.29, 1.82) is 0 Å². The van der Waals surface area contributed by atoms with Gasteiger partial charge in [-0.1, -0.05) is 69.1 Å². The van der Waals surface area contributed by atoms with Gasteiger partial charge in [0.2, 0.25) is 0 Å². The molecule has 0 spiro atoms. The number of benzene rings is 5. The van der Waals surface area contributed by atoms with Crippen LogP contribution in [-0.4, -0.2) is 19.1 Å². The highest BCUT2D eigenvalue weighted by Crippen LogP contribution is 2.37. The quantitative estimate of drug-likeness (QED) is 0.151. The van der Waals surface area contributed by atoms with Crippen molar-refractivity contribution < 1.29 is 4.42 Å². The lowest BCUT2D eigenvalue weighted by molar-refractivity contribution is 0.662. The van der Waals surface area contributed by atoms with E-state index in [0.29, 0.717) is 0 Å². The van der Waals surface area contributed by atoms with Crippen LogP contribution in [0.3, 0.4) is 0 Å². The van der Waals surface area contributed by atoms with Gasteiger partial charge in [0.15, 0.2) is 11.2 Å². The van der Waals surface area contributed by atoms with Gasteiger partial charge in [-0.25, -0.2) is 0 Å². The van der Waals surface area contributed by atoms with E-state index in [2.05, 4.69) is 161 Å². The van der Waals surface area contributed by atoms with E-state index in [9.17, 15) is 0 Å². The van der Waals surface area contributed by atoms with Gasteiger partial charge in [0.1, 0.15) is 11.0 Å². The molecule has 0 aliphatic carbocycles. The van der Waals surface area contributed by atoms with Gasteiger partial charge >= 0.3 is 0 Å². The van der Waals surface area contributed by atoms with E-state index < -0.39 is 0 Å². The van der Waals surface area contributed by atoms with Crippen LogP contribution >= 0.6 is 20.7 Å². The molecule has 0 saturated carbocycles. The molecule has 0 amide bonds. The van der Waals surface area contributed by atoms with Gasteiger partial charge < -0.3 is 13.6 Å². The Hall–Kier alpha value is -5.42. The number of hydrogen-bond donors (Lipinski definition) is 1. The van der Waals surface area contributed by atoms with E-state index in [1.165, 1.54) is 49.2 Å². The highest BCUT2D eigenvalue weighted by Gasteiger charge is 2.18. The van der Waals surface area contributed by atoms with Gasteiger partial charge in [-0.3, -0.25) is 9.97 Å². The second kappa shape index (κ2) is 11.7. The lowest BCUT2D eigenvalue weighted by Crippen LogP contribution is -1.96. The first-order valence-corrected chi connectivity index (χ1v) is 17.9. The van der Waals surface area contributed by atoms with Crippen molar-refractivity contribution in [3.63, 3.8) is 0 Å². The second-order valence-corrected chi connectivity index (χ2v) is 11.9. The summed E-state index contributed by atoms with van der Waals surface area (Å²) in [6.45, 7) is 0. The van der Waals surface area contributed by atoms with Crippen LogP contribution in [0.5, 0.6) is 0 Å². The van der Waals surface area contributed by atoms with E-state index in [0.717, 1.165) is 45.6 Å². The van der Waals surface area contributed by atoms with Crippen LogP contribution in [0.25, 0.3) is 77.2 Å². The zero-order valence-corrected chi connectivity index (χ0v) is 27.8. The van der Waals surface area contributed by atoms with Crippen LogP contribution < -0.4 is 0 Å². The number of hydrogen-bond acceptors (Lipinski definition) is 4. The summed E-state index contributed by atoms with van der Waals surface area (Å²) in [5, 5.41) is 4.95. The standard InChI is InChI=1S/C41H26N4O.H3PS/c1-2-9-28(10-3-1)44-34-13-6-5-12-31(34)33-25-29(17-19-37(33)44)45-35-14-7-4-11-30(35)32-24-26(16-18-36(32)45)23-27-20-22-43-40-39-38(46-41(27)40)15-8-21-42-39;1-2/h1-22,24-25H,23H2;2H,1H2. The van der Waals surface area contributed by atoms with Crippen molar-refractivity contribution in [1.82, 2.24) is 19.1 Å². The molecule has 5 heterocycles. The third kappa shape index (κ3) is 4.45. The summed E-state index contributed by atoms with van der Waals surface area (Å²) < 4.78 is 11.0. The van der Waals surface area contributed by atoms with Crippen LogP contribution in [-0.2, 0) is 6.42 Å². The molecule has 5 aromatic carbocycles. The highest BCUT2D eigenvalue weighted by atomic mass is 32.7. The first kappa shape index (κ1) is 28.8. The van der Waals surface area contributed by atoms with E-state index in [4.69, 9.17) is 4.42 Å². The number of fused-ring (bicyclic) bond motifs is 9.